The number of aryl methyl sites for hydroxylation is 1. The first-order valence-corrected chi connectivity index (χ1v) is 3.76. The summed E-state index contributed by atoms with van der Waals surface area (Å²) >= 11 is 0. The Morgan fingerprint density at radius 3 is 3.17 bits per heavy atom. The number of nitrogens with two attached hydrogens (primary N) is 1. The molecule has 0 bridgehead atoms. The minimum Gasteiger partial charge on any atom is -0.366 e. The van der Waals surface area contributed by atoms with E-state index >= 15 is 0 Å². The quantitative estimate of drug-likeness (QED) is 0.655. The number of anilines is 1. The van der Waals surface area contributed by atoms with Gasteiger partial charge in [-0.25, -0.2) is 9.50 Å². The van der Waals surface area contributed by atoms with Crippen molar-refractivity contribution in [3.63, 3.8) is 0 Å². The molecule has 0 atom stereocenters. The lowest BCUT2D eigenvalue weighted by Crippen LogP contribution is -1.93. The van der Waals surface area contributed by atoms with Gasteiger partial charge in [0.1, 0.15) is 0 Å². The zero-order valence-electron chi connectivity index (χ0n) is 6.73. The average Bonchev–Trinajstić information content (AvgIpc) is 2.43. The Hall–Kier alpha value is -1.65. The van der Waals surface area contributed by atoms with E-state index in [9.17, 15) is 0 Å². The van der Waals surface area contributed by atoms with E-state index in [1.165, 1.54) is 0 Å². The monoisotopic (exact) mass is 163 g/mol. The molecule has 0 saturated heterocycles. The molecule has 2 heterocycles. The van der Waals surface area contributed by atoms with Crippen molar-refractivity contribution >= 4 is 11.7 Å². The number of nitrogens with zero attached hydrogens (tertiary/aromatic N) is 4. The molecule has 5 heteroatoms. The van der Waals surface area contributed by atoms with Crippen molar-refractivity contribution in [3.05, 3.63) is 18.0 Å². The van der Waals surface area contributed by atoms with Crippen LogP contribution in [0, 0.1) is 0 Å². The average molecular weight is 163 g/mol. The molecule has 0 unspecified atom stereocenters. The third-order valence-electron chi connectivity index (χ3n) is 1.67. The highest BCUT2D eigenvalue weighted by atomic mass is 15.3. The number of hydrogen-bond donors (Lipinski definition) is 1. The third-order valence-corrected chi connectivity index (χ3v) is 1.67. The number of nitrogen functional groups attached to an aromatic ring is 1. The van der Waals surface area contributed by atoms with Crippen molar-refractivity contribution in [2.45, 2.75) is 13.3 Å². The van der Waals surface area contributed by atoms with Gasteiger partial charge in [-0.1, -0.05) is 6.92 Å². The largest absolute Gasteiger partial charge is 0.366 e. The van der Waals surface area contributed by atoms with Gasteiger partial charge >= 0.3 is 0 Å². The van der Waals surface area contributed by atoms with Gasteiger partial charge < -0.3 is 5.73 Å². The van der Waals surface area contributed by atoms with Crippen LogP contribution in [0.3, 0.4) is 0 Å². The predicted molar refractivity (Wildman–Crippen MR) is 44.6 cm³/mol. The fourth-order valence-electron chi connectivity index (χ4n) is 1.02. The summed E-state index contributed by atoms with van der Waals surface area (Å²) in [7, 11) is 0. The fourth-order valence-corrected chi connectivity index (χ4v) is 1.02. The highest BCUT2D eigenvalue weighted by Gasteiger charge is 2.00. The van der Waals surface area contributed by atoms with Crippen molar-refractivity contribution in [2.24, 2.45) is 0 Å². The number of fused-ring (bicyclic) bond motifs is 1. The molecule has 0 amide bonds. The first-order chi connectivity index (χ1) is 5.79. The lowest BCUT2D eigenvalue weighted by Gasteiger charge is -1.94. The van der Waals surface area contributed by atoms with E-state index in [1.807, 2.05) is 6.20 Å². The highest BCUT2D eigenvalue weighted by molar-refractivity contribution is 5.33. The van der Waals surface area contributed by atoms with Gasteiger partial charge in [0.15, 0.2) is 0 Å². The molecule has 0 saturated carbocycles. The Kier molecular flexibility index (Phi) is 1.43. The smallest absolute Gasteiger partial charge is 0.253 e. The van der Waals surface area contributed by atoms with Gasteiger partial charge in [0.25, 0.3) is 5.78 Å². The van der Waals surface area contributed by atoms with Crippen LogP contribution in [0.2, 0.25) is 0 Å². The summed E-state index contributed by atoms with van der Waals surface area (Å²) in [4.78, 5) is 7.99. The van der Waals surface area contributed by atoms with Gasteiger partial charge in [-0.3, -0.25) is 0 Å². The van der Waals surface area contributed by atoms with Crippen LogP contribution in [0.15, 0.2) is 12.4 Å². The molecular formula is C7H9N5. The molecule has 0 spiro atoms. The third kappa shape index (κ3) is 0.990. The Bertz CT molecular complexity index is 405. The van der Waals surface area contributed by atoms with Crippen molar-refractivity contribution in [2.75, 3.05) is 5.73 Å². The molecule has 2 aromatic rings. The second-order valence-corrected chi connectivity index (χ2v) is 2.53. The minimum absolute atomic E-state index is 0.260. The molecule has 0 radical (unpaired) electrons. The van der Waals surface area contributed by atoms with E-state index in [1.54, 1.807) is 10.7 Å². The second-order valence-electron chi connectivity index (χ2n) is 2.53. The fraction of sp³-hybridized carbons (Fsp3) is 0.286. The summed E-state index contributed by atoms with van der Waals surface area (Å²) in [6.45, 7) is 2.06. The first kappa shape index (κ1) is 7.02. The molecule has 0 aromatic carbocycles. The Labute approximate surface area is 69.2 Å². The van der Waals surface area contributed by atoms with Crippen LogP contribution in [0.5, 0.6) is 0 Å². The first-order valence-electron chi connectivity index (χ1n) is 3.76. The summed E-state index contributed by atoms with van der Waals surface area (Å²) in [5.74, 6) is 0.806. The van der Waals surface area contributed by atoms with E-state index in [4.69, 9.17) is 5.73 Å². The summed E-state index contributed by atoms with van der Waals surface area (Å²) in [5.41, 5.74) is 6.52. The molecule has 12 heavy (non-hydrogen) atoms. The molecule has 0 aliphatic carbocycles. The van der Waals surface area contributed by atoms with Crippen LogP contribution in [-0.2, 0) is 6.42 Å². The van der Waals surface area contributed by atoms with Crippen LogP contribution < -0.4 is 5.73 Å². The van der Waals surface area contributed by atoms with Crippen LogP contribution in [-0.4, -0.2) is 19.6 Å². The maximum Gasteiger partial charge on any atom is 0.253 e. The number of rotatable bonds is 1. The van der Waals surface area contributed by atoms with E-state index in [2.05, 4.69) is 22.0 Å². The zero-order valence-corrected chi connectivity index (χ0v) is 6.73. The normalized spacial score (nSPS) is 10.8. The lowest BCUT2D eigenvalue weighted by molar-refractivity contribution is 0.914. The van der Waals surface area contributed by atoms with Gasteiger partial charge in [0.05, 0.1) is 0 Å². The molecule has 0 aliphatic rings. The second kappa shape index (κ2) is 2.44. The van der Waals surface area contributed by atoms with Crippen molar-refractivity contribution in [3.8, 4) is 0 Å². The standard InChI is InChI=1S/C7H9N5/c1-2-5-3-9-7-10-6(8)11-12(7)4-5/h3-4H,2H2,1H3,(H2,8,11). The number of hydrogen-bond acceptors (Lipinski definition) is 4. The summed E-state index contributed by atoms with van der Waals surface area (Å²) < 4.78 is 1.59. The van der Waals surface area contributed by atoms with E-state index < -0.39 is 0 Å². The Morgan fingerprint density at radius 1 is 1.58 bits per heavy atom. The van der Waals surface area contributed by atoms with Crippen molar-refractivity contribution in [1.82, 2.24) is 19.6 Å². The summed E-state index contributed by atoms with van der Waals surface area (Å²) in [5, 5.41) is 3.94. The van der Waals surface area contributed by atoms with E-state index in [0.717, 1.165) is 12.0 Å². The highest BCUT2D eigenvalue weighted by Crippen LogP contribution is 2.02. The molecule has 0 fully saturated rings. The molecule has 5 nitrogen and oxygen atoms in total. The topological polar surface area (TPSA) is 69.1 Å². The molecule has 62 valence electrons. The van der Waals surface area contributed by atoms with Gasteiger partial charge in [0.2, 0.25) is 5.95 Å². The van der Waals surface area contributed by atoms with E-state index in [0.29, 0.717) is 5.78 Å². The van der Waals surface area contributed by atoms with Crippen LogP contribution in [0.25, 0.3) is 5.78 Å². The predicted octanol–water partition coefficient (Wildman–Crippen LogP) is 0.269. The van der Waals surface area contributed by atoms with E-state index in [-0.39, 0.29) is 5.95 Å². The maximum absolute atomic E-state index is 5.40. The zero-order chi connectivity index (χ0) is 8.55. The van der Waals surface area contributed by atoms with Crippen LogP contribution in [0.1, 0.15) is 12.5 Å². The number of aromatic nitrogens is 4. The van der Waals surface area contributed by atoms with Gasteiger partial charge in [-0.2, -0.15) is 4.98 Å². The van der Waals surface area contributed by atoms with Gasteiger partial charge in [-0.05, 0) is 12.0 Å². The maximum atomic E-state index is 5.40. The van der Waals surface area contributed by atoms with Crippen LogP contribution >= 0.6 is 0 Å². The molecule has 2 rings (SSSR count). The lowest BCUT2D eigenvalue weighted by atomic mass is 10.3. The molecule has 2 aromatic heterocycles. The SMILES string of the molecule is CCc1cnc2nc(N)nn2c1. The minimum atomic E-state index is 0.260. The molecule has 2 N–H and O–H groups in total. The molecule has 0 aliphatic heterocycles. The summed E-state index contributed by atoms with van der Waals surface area (Å²) in [6, 6.07) is 0. The summed E-state index contributed by atoms with van der Waals surface area (Å²) in [6.07, 6.45) is 4.60. The van der Waals surface area contributed by atoms with Gasteiger partial charge in [0, 0.05) is 12.4 Å². The Morgan fingerprint density at radius 2 is 2.42 bits per heavy atom. The molecular weight excluding hydrogens is 154 g/mol. The van der Waals surface area contributed by atoms with Gasteiger partial charge in [-0.15, -0.1) is 5.10 Å². The Balaban J connectivity index is 2.66. The van der Waals surface area contributed by atoms with Crippen LogP contribution in [0.4, 0.5) is 5.95 Å². The van der Waals surface area contributed by atoms with Crippen molar-refractivity contribution < 1.29 is 0 Å². The van der Waals surface area contributed by atoms with Crippen molar-refractivity contribution in [1.29, 1.82) is 0 Å².